The Labute approximate surface area is 117 Å². The van der Waals surface area contributed by atoms with E-state index in [-0.39, 0.29) is 5.91 Å². The van der Waals surface area contributed by atoms with Gasteiger partial charge in [0.15, 0.2) is 0 Å². The molecule has 1 aliphatic heterocycles. The first-order valence-corrected chi connectivity index (χ1v) is 6.98. The highest BCUT2D eigenvalue weighted by Crippen LogP contribution is 2.24. The van der Waals surface area contributed by atoms with Gasteiger partial charge >= 0.3 is 5.97 Å². The average Bonchev–Trinajstić information content (AvgIpc) is 3.12. The van der Waals surface area contributed by atoms with Crippen molar-refractivity contribution >= 4 is 11.9 Å². The molecule has 1 aromatic carbocycles. The first-order chi connectivity index (χ1) is 9.61. The minimum atomic E-state index is -0.893. The lowest BCUT2D eigenvalue weighted by Crippen LogP contribution is -2.29. The first kappa shape index (κ1) is 13.1. The number of amides is 1. The van der Waals surface area contributed by atoms with E-state index in [1.807, 2.05) is 6.07 Å². The van der Waals surface area contributed by atoms with Crippen LogP contribution in [0.2, 0.25) is 0 Å². The van der Waals surface area contributed by atoms with E-state index in [1.165, 1.54) is 0 Å². The maximum atomic E-state index is 11.7. The minimum Gasteiger partial charge on any atom is -0.478 e. The highest BCUT2D eigenvalue weighted by molar-refractivity contribution is 5.88. The standard InChI is InChI=1S/C15H18N2O3/c18-14(16-13-3-4-13)5-6-17-8-11-2-1-10(15(19)20)7-12(11)9-17/h1-2,7,13H,3-6,8-9H2,(H,16,18)(H,19,20). The summed E-state index contributed by atoms with van der Waals surface area (Å²) in [6.07, 6.45) is 2.73. The maximum Gasteiger partial charge on any atom is 0.335 e. The second-order valence-corrected chi connectivity index (χ2v) is 5.59. The van der Waals surface area contributed by atoms with E-state index in [0.717, 1.165) is 43.6 Å². The molecule has 1 amide bonds. The zero-order valence-corrected chi connectivity index (χ0v) is 11.3. The summed E-state index contributed by atoms with van der Waals surface area (Å²) in [6.45, 7) is 2.24. The fraction of sp³-hybridized carbons (Fsp3) is 0.467. The number of nitrogens with one attached hydrogen (secondary N) is 1. The molecule has 0 unspecified atom stereocenters. The molecule has 5 nitrogen and oxygen atoms in total. The van der Waals surface area contributed by atoms with Crippen LogP contribution in [0, 0.1) is 0 Å². The van der Waals surface area contributed by atoms with Crippen molar-refractivity contribution in [1.29, 1.82) is 0 Å². The van der Waals surface area contributed by atoms with Crippen LogP contribution in [0.5, 0.6) is 0 Å². The van der Waals surface area contributed by atoms with Gasteiger partial charge in [-0.05, 0) is 36.1 Å². The summed E-state index contributed by atoms with van der Waals surface area (Å²) in [6, 6.07) is 5.67. The van der Waals surface area contributed by atoms with Gasteiger partial charge in [-0.3, -0.25) is 9.69 Å². The summed E-state index contributed by atoms with van der Waals surface area (Å²) >= 11 is 0. The molecule has 0 atom stereocenters. The number of carboxylic acids is 1. The molecule has 1 heterocycles. The van der Waals surface area contributed by atoms with Crippen molar-refractivity contribution in [2.24, 2.45) is 0 Å². The van der Waals surface area contributed by atoms with Gasteiger partial charge in [-0.2, -0.15) is 0 Å². The van der Waals surface area contributed by atoms with E-state index in [2.05, 4.69) is 10.2 Å². The lowest BCUT2D eigenvalue weighted by atomic mass is 10.1. The SMILES string of the molecule is O=C(CCN1Cc2ccc(C(=O)O)cc2C1)NC1CC1. The number of benzene rings is 1. The van der Waals surface area contributed by atoms with E-state index >= 15 is 0 Å². The lowest BCUT2D eigenvalue weighted by molar-refractivity contribution is -0.121. The lowest BCUT2D eigenvalue weighted by Gasteiger charge is -2.14. The number of carboxylic acid groups (broad SMARTS) is 1. The number of rotatable bonds is 5. The zero-order valence-electron chi connectivity index (χ0n) is 11.3. The van der Waals surface area contributed by atoms with Crippen molar-refractivity contribution in [1.82, 2.24) is 10.2 Å². The summed E-state index contributed by atoms with van der Waals surface area (Å²) in [5.74, 6) is -0.773. The molecular weight excluding hydrogens is 256 g/mol. The Morgan fingerprint density at radius 1 is 1.25 bits per heavy atom. The quantitative estimate of drug-likeness (QED) is 0.851. The molecular formula is C15H18N2O3. The summed E-state index contributed by atoms with van der Waals surface area (Å²) in [5, 5.41) is 12.0. The molecule has 1 aliphatic carbocycles. The third kappa shape index (κ3) is 2.99. The van der Waals surface area contributed by atoms with Crippen molar-refractivity contribution < 1.29 is 14.7 Å². The molecule has 2 N–H and O–H groups in total. The molecule has 5 heteroatoms. The number of aromatic carboxylic acids is 1. The number of hydrogen-bond donors (Lipinski definition) is 2. The second kappa shape index (κ2) is 5.25. The molecule has 0 spiro atoms. The largest absolute Gasteiger partial charge is 0.478 e. The van der Waals surface area contributed by atoms with E-state index < -0.39 is 5.97 Å². The Kier molecular flexibility index (Phi) is 3.44. The smallest absolute Gasteiger partial charge is 0.335 e. The van der Waals surface area contributed by atoms with Crippen molar-refractivity contribution in [3.63, 3.8) is 0 Å². The Morgan fingerprint density at radius 3 is 2.70 bits per heavy atom. The Bertz CT molecular complexity index is 552. The van der Waals surface area contributed by atoms with Crippen LogP contribution in [0.25, 0.3) is 0 Å². The second-order valence-electron chi connectivity index (χ2n) is 5.59. The maximum absolute atomic E-state index is 11.7. The molecule has 20 heavy (non-hydrogen) atoms. The minimum absolute atomic E-state index is 0.120. The molecule has 3 rings (SSSR count). The monoisotopic (exact) mass is 274 g/mol. The number of carbonyl (C=O) groups excluding carboxylic acids is 1. The number of hydrogen-bond acceptors (Lipinski definition) is 3. The van der Waals surface area contributed by atoms with Gasteiger partial charge in [-0.15, -0.1) is 0 Å². The van der Waals surface area contributed by atoms with Gasteiger partial charge in [0.2, 0.25) is 5.91 Å². The first-order valence-electron chi connectivity index (χ1n) is 6.98. The normalized spacial score (nSPS) is 17.8. The molecule has 106 valence electrons. The Hall–Kier alpha value is -1.88. The van der Waals surface area contributed by atoms with Crippen molar-refractivity contribution in [3.8, 4) is 0 Å². The topological polar surface area (TPSA) is 69.6 Å². The predicted octanol–water partition coefficient (Wildman–Crippen LogP) is 1.37. The van der Waals surface area contributed by atoms with Crippen LogP contribution in [-0.4, -0.2) is 34.5 Å². The van der Waals surface area contributed by atoms with Crippen LogP contribution in [0.4, 0.5) is 0 Å². The van der Waals surface area contributed by atoms with E-state index in [1.54, 1.807) is 12.1 Å². The average molecular weight is 274 g/mol. The predicted molar refractivity (Wildman–Crippen MR) is 73.3 cm³/mol. The third-order valence-electron chi connectivity index (χ3n) is 3.84. The fourth-order valence-electron chi connectivity index (χ4n) is 2.54. The van der Waals surface area contributed by atoms with E-state index in [9.17, 15) is 9.59 Å². The van der Waals surface area contributed by atoms with Crippen molar-refractivity contribution in [2.45, 2.75) is 38.4 Å². The molecule has 0 bridgehead atoms. The third-order valence-corrected chi connectivity index (χ3v) is 3.84. The van der Waals surface area contributed by atoms with Gasteiger partial charge in [0.1, 0.15) is 0 Å². The van der Waals surface area contributed by atoms with Crippen LogP contribution in [0.15, 0.2) is 18.2 Å². The number of fused-ring (bicyclic) bond motifs is 1. The Balaban J connectivity index is 1.53. The molecule has 1 fully saturated rings. The van der Waals surface area contributed by atoms with Crippen LogP contribution < -0.4 is 5.32 Å². The summed E-state index contributed by atoms with van der Waals surface area (Å²) in [5.41, 5.74) is 2.56. The van der Waals surface area contributed by atoms with Gasteiger partial charge in [-0.1, -0.05) is 6.07 Å². The summed E-state index contributed by atoms with van der Waals surface area (Å²) in [4.78, 5) is 24.8. The molecule has 0 aromatic heterocycles. The molecule has 2 aliphatic rings. The molecule has 1 aromatic rings. The van der Waals surface area contributed by atoms with E-state index in [0.29, 0.717) is 18.0 Å². The zero-order chi connectivity index (χ0) is 14.1. The summed E-state index contributed by atoms with van der Waals surface area (Å²) in [7, 11) is 0. The fourth-order valence-corrected chi connectivity index (χ4v) is 2.54. The summed E-state index contributed by atoms with van der Waals surface area (Å²) < 4.78 is 0. The molecule has 0 saturated heterocycles. The highest BCUT2D eigenvalue weighted by Gasteiger charge is 2.24. The van der Waals surface area contributed by atoms with Gasteiger partial charge in [0, 0.05) is 32.1 Å². The van der Waals surface area contributed by atoms with Crippen LogP contribution in [0.1, 0.15) is 40.7 Å². The number of nitrogens with zero attached hydrogens (tertiary/aromatic N) is 1. The van der Waals surface area contributed by atoms with Crippen molar-refractivity contribution in [3.05, 3.63) is 34.9 Å². The number of carbonyl (C=O) groups is 2. The Morgan fingerprint density at radius 2 is 2.00 bits per heavy atom. The van der Waals surface area contributed by atoms with Crippen LogP contribution >= 0.6 is 0 Å². The van der Waals surface area contributed by atoms with Gasteiger partial charge in [0.05, 0.1) is 5.56 Å². The highest BCUT2D eigenvalue weighted by atomic mass is 16.4. The van der Waals surface area contributed by atoms with Crippen molar-refractivity contribution in [2.75, 3.05) is 6.54 Å². The van der Waals surface area contributed by atoms with E-state index in [4.69, 9.17) is 5.11 Å². The van der Waals surface area contributed by atoms with Gasteiger partial charge in [-0.25, -0.2) is 4.79 Å². The van der Waals surface area contributed by atoms with Crippen LogP contribution in [0.3, 0.4) is 0 Å². The molecule has 0 radical (unpaired) electrons. The van der Waals surface area contributed by atoms with Gasteiger partial charge in [0.25, 0.3) is 0 Å². The van der Waals surface area contributed by atoms with Crippen LogP contribution in [-0.2, 0) is 17.9 Å². The van der Waals surface area contributed by atoms with Gasteiger partial charge < -0.3 is 10.4 Å². The molecule has 1 saturated carbocycles.